The molecule has 1 heterocycles. The van der Waals surface area contributed by atoms with Crippen LogP contribution >= 0.6 is 32.3 Å². The molecule has 1 unspecified atom stereocenters. The van der Waals surface area contributed by atoms with E-state index >= 15 is 0 Å². The third-order valence-corrected chi connectivity index (χ3v) is 2.35. The van der Waals surface area contributed by atoms with Gasteiger partial charge in [-0.3, -0.25) is 0 Å². The van der Waals surface area contributed by atoms with Crippen LogP contribution in [-0.2, 0) is 0 Å². The lowest BCUT2D eigenvalue weighted by Crippen LogP contribution is -2.45. The smallest absolute Gasteiger partial charge is 0.426 e. The summed E-state index contributed by atoms with van der Waals surface area (Å²) < 4.78 is -0.649. The molecule has 62 valence electrons. The predicted molar refractivity (Wildman–Crippen MR) is 44.2 cm³/mol. The van der Waals surface area contributed by atoms with Gasteiger partial charge in [-0.15, -0.1) is 9.98 Å². The van der Waals surface area contributed by atoms with Crippen LogP contribution < -0.4 is 0 Å². The second-order valence-corrected chi connectivity index (χ2v) is 4.93. The molecule has 0 bridgehead atoms. The van der Waals surface area contributed by atoms with E-state index in [4.69, 9.17) is 15.3 Å². The van der Waals surface area contributed by atoms with Gasteiger partial charge in [0.25, 0.3) is 32.3 Å². The Labute approximate surface area is 78.8 Å². The summed E-state index contributed by atoms with van der Waals surface area (Å²) in [6.45, 7) is 0. The Morgan fingerprint density at radius 2 is 1.91 bits per heavy atom. The molecule has 0 saturated heterocycles. The van der Waals surface area contributed by atoms with E-state index in [9.17, 15) is 0 Å². The van der Waals surface area contributed by atoms with Crippen molar-refractivity contribution in [3.05, 3.63) is 0 Å². The molecule has 0 aromatic heterocycles. The lowest BCUT2D eigenvalue weighted by molar-refractivity contribution is -0.600. The molecule has 0 aromatic carbocycles. The summed E-state index contributed by atoms with van der Waals surface area (Å²) in [5.74, 6) is 0. The van der Waals surface area contributed by atoms with E-state index in [2.05, 4.69) is 42.3 Å². The number of halogens is 2. The highest BCUT2D eigenvalue weighted by Gasteiger charge is 2.43. The molecule has 0 amide bonds. The molecule has 11 heavy (non-hydrogen) atoms. The van der Waals surface area contributed by atoms with E-state index in [1.54, 1.807) is 0 Å². The van der Waals surface area contributed by atoms with Gasteiger partial charge in [0.05, 0.1) is 0 Å². The van der Waals surface area contributed by atoms with Crippen LogP contribution in [-0.4, -0.2) is 36.2 Å². The molecule has 0 aromatic rings. The highest BCUT2D eigenvalue weighted by molar-refractivity contribution is 9.16. The SMILES string of the molecule is OC1=NC(O)[N+](Br)(Br)C(O)=N1. The van der Waals surface area contributed by atoms with Gasteiger partial charge in [0.2, 0.25) is 0 Å². The van der Waals surface area contributed by atoms with Crippen LogP contribution in [0.3, 0.4) is 0 Å². The van der Waals surface area contributed by atoms with Crippen LogP contribution in [0.5, 0.6) is 0 Å². The standard InChI is InChI=1S/C3H3Br2N3O3/c4-8(5)2(10)6-1(9)7-3(8)11/h2,10H,(H-,6,7,9,11)/p+1. The van der Waals surface area contributed by atoms with Crippen molar-refractivity contribution in [1.29, 1.82) is 0 Å². The van der Waals surface area contributed by atoms with E-state index in [0.717, 1.165) is 0 Å². The number of hydrogen-bond donors (Lipinski definition) is 3. The van der Waals surface area contributed by atoms with Crippen LogP contribution in [0.4, 0.5) is 0 Å². The zero-order valence-corrected chi connectivity index (χ0v) is 8.19. The van der Waals surface area contributed by atoms with Gasteiger partial charge < -0.3 is 15.3 Å². The minimum Gasteiger partial charge on any atom is -0.479 e. The normalized spacial score (nSPS) is 29.2. The lowest BCUT2D eigenvalue weighted by Gasteiger charge is -2.22. The Hall–Kier alpha value is -0.180. The molecule has 0 saturated carbocycles. The van der Waals surface area contributed by atoms with Crippen LogP contribution in [0.2, 0.25) is 0 Å². The fraction of sp³-hybridized carbons (Fsp3) is 0.333. The minimum absolute atomic E-state index is 0.537. The number of amidine groups is 2. The number of hydrogen-bond acceptors (Lipinski definition) is 3. The first-order valence-electron chi connectivity index (χ1n) is 2.45. The largest absolute Gasteiger partial charge is 0.479 e. The second-order valence-electron chi connectivity index (χ2n) is 1.74. The predicted octanol–water partition coefficient (Wildman–Crippen LogP) is 0.541. The molecule has 1 aliphatic rings. The quantitative estimate of drug-likeness (QED) is 0.569. The summed E-state index contributed by atoms with van der Waals surface area (Å²) in [7, 11) is 0. The monoisotopic (exact) mass is 288 g/mol. The fourth-order valence-electron chi connectivity index (χ4n) is 0.464. The van der Waals surface area contributed by atoms with Gasteiger partial charge in [-0.05, 0) is 0 Å². The van der Waals surface area contributed by atoms with E-state index < -0.39 is 20.9 Å². The molecule has 1 rings (SSSR count). The Kier molecular flexibility index (Phi) is 2.19. The summed E-state index contributed by atoms with van der Waals surface area (Å²) in [5, 5.41) is 26.7. The Bertz CT molecular complexity index is 238. The first-order chi connectivity index (χ1) is 4.94. The third-order valence-electron chi connectivity index (χ3n) is 0.988. The molecule has 3 N–H and O–H groups in total. The van der Waals surface area contributed by atoms with Gasteiger partial charge in [0, 0.05) is 0 Å². The van der Waals surface area contributed by atoms with Gasteiger partial charge in [0.1, 0.15) is 0 Å². The molecule has 6 nitrogen and oxygen atoms in total. The maximum absolute atomic E-state index is 9.07. The number of aliphatic imine (C=N–C) groups is 2. The van der Waals surface area contributed by atoms with Crippen LogP contribution in [0.25, 0.3) is 0 Å². The van der Waals surface area contributed by atoms with Crippen molar-refractivity contribution in [2.45, 2.75) is 6.35 Å². The first-order valence-corrected chi connectivity index (χ1v) is 3.87. The molecule has 1 atom stereocenters. The Morgan fingerprint density at radius 1 is 1.36 bits per heavy atom. The number of aliphatic hydroxyl groups excluding tert-OH is 3. The van der Waals surface area contributed by atoms with Crippen molar-refractivity contribution < 1.29 is 17.9 Å². The van der Waals surface area contributed by atoms with Crippen molar-refractivity contribution in [2.24, 2.45) is 9.98 Å². The number of aliphatic hydroxyl groups is 3. The van der Waals surface area contributed by atoms with Crippen molar-refractivity contribution >= 4 is 44.3 Å². The van der Waals surface area contributed by atoms with Crippen LogP contribution in [0, 0.1) is 0 Å². The summed E-state index contributed by atoms with van der Waals surface area (Å²) in [6.07, 6.45) is -1.37. The van der Waals surface area contributed by atoms with E-state index in [0.29, 0.717) is 0 Å². The molecule has 0 radical (unpaired) electrons. The van der Waals surface area contributed by atoms with Crippen molar-refractivity contribution in [1.82, 2.24) is 0 Å². The van der Waals surface area contributed by atoms with Gasteiger partial charge in [-0.25, -0.2) is 0 Å². The summed E-state index contributed by atoms with van der Waals surface area (Å²) >= 11 is 5.71. The zero-order valence-electron chi connectivity index (χ0n) is 5.02. The van der Waals surface area contributed by atoms with E-state index in [1.807, 2.05) is 0 Å². The summed E-state index contributed by atoms with van der Waals surface area (Å²) in [4.78, 5) is 6.43. The average molecular weight is 290 g/mol. The number of nitrogens with zero attached hydrogens (tertiary/aromatic N) is 3. The van der Waals surface area contributed by atoms with Gasteiger partial charge in [-0.2, -0.15) is 0 Å². The molecular formula is C3H4Br2N3O3+. The fourth-order valence-corrected chi connectivity index (χ4v) is 0.806. The topological polar surface area (TPSA) is 85.4 Å². The molecular weight excluding hydrogens is 286 g/mol. The molecule has 8 heteroatoms. The van der Waals surface area contributed by atoms with Crippen molar-refractivity contribution in [2.75, 3.05) is 0 Å². The maximum atomic E-state index is 9.07. The Balaban J connectivity index is 3.01. The van der Waals surface area contributed by atoms with E-state index in [-0.39, 0.29) is 0 Å². The van der Waals surface area contributed by atoms with Crippen molar-refractivity contribution in [3.8, 4) is 0 Å². The Morgan fingerprint density at radius 3 is 2.36 bits per heavy atom. The summed E-state index contributed by atoms with van der Waals surface area (Å²) in [5.41, 5.74) is 0. The van der Waals surface area contributed by atoms with Crippen molar-refractivity contribution in [3.63, 3.8) is 0 Å². The maximum Gasteiger partial charge on any atom is 0.426 e. The minimum atomic E-state index is -1.37. The lowest BCUT2D eigenvalue weighted by atomic mass is 10.8. The van der Waals surface area contributed by atoms with E-state index in [1.165, 1.54) is 0 Å². The third kappa shape index (κ3) is 1.53. The van der Waals surface area contributed by atoms with Gasteiger partial charge >= 0.3 is 18.4 Å². The summed E-state index contributed by atoms with van der Waals surface area (Å²) in [6, 6.07) is -1.20. The molecule has 0 spiro atoms. The zero-order chi connectivity index (χ0) is 8.65. The highest BCUT2D eigenvalue weighted by atomic mass is 79.9. The van der Waals surface area contributed by atoms with Crippen LogP contribution in [0.1, 0.15) is 0 Å². The average Bonchev–Trinajstić information content (AvgIpc) is 1.84. The molecule has 1 aliphatic heterocycles. The number of rotatable bonds is 0. The van der Waals surface area contributed by atoms with Gasteiger partial charge in [0.15, 0.2) is 0 Å². The highest BCUT2D eigenvalue weighted by Crippen LogP contribution is 2.29. The molecule has 0 fully saturated rings. The molecule has 0 aliphatic carbocycles. The first kappa shape index (κ1) is 8.91. The van der Waals surface area contributed by atoms with Gasteiger partial charge in [-0.1, -0.05) is 2.54 Å². The number of quaternary nitrogens is 1. The second kappa shape index (κ2) is 2.70. The van der Waals surface area contributed by atoms with Crippen LogP contribution in [0.15, 0.2) is 9.98 Å².